The highest BCUT2D eigenvalue weighted by molar-refractivity contribution is 5.62. The highest BCUT2D eigenvalue weighted by atomic mass is 15.5. The van der Waals surface area contributed by atoms with Gasteiger partial charge in [0.2, 0.25) is 12.8 Å². The number of likely N-dealkylation sites (N-methyl/N-ethyl adjacent to an activating group) is 2. The van der Waals surface area contributed by atoms with E-state index in [1.165, 1.54) is 54.7 Å². The molecule has 0 spiro atoms. The Morgan fingerprint density at radius 3 is 2.36 bits per heavy atom. The van der Waals surface area contributed by atoms with Crippen LogP contribution in [0.25, 0.3) is 0 Å². The molecule has 0 saturated carbocycles. The Morgan fingerprint density at radius 1 is 1.09 bits per heavy atom. The predicted molar refractivity (Wildman–Crippen MR) is 92.8 cm³/mol. The van der Waals surface area contributed by atoms with Crippen molar-refractivity contribution in [1.29, 1.82) is 0 Å². The number of quaternary nitrogens is 2. The van der Waals surface area contributed by atoms with Crippen LogP contribution in [0.3, 0.4) is 0 Å². The van der Waals surface area contributed by atoms with Gasteiger partial charge in [-0.3, -0.25) is 0 Å². The van der Waals surface area contributed by atoms with Gasteiger partial charge in [-0.15, -0.1) is 4.58 Å². The third kappa shape index (κ3) is 4.37. The zero-order valence-electron chi connectivity index (χ0n) is 15.2. The molecule has 2 N–H and O–H groups in total. The van der Waals surface area contributed by atoms with Crippen LogP contribution in [0.1, 0.15) is 20.3 Å². The average Bonchev–Trinajstić information content (AvgIpc) is 2.91. The van der Waals surface area contributed by atoms with Crippen molar-refractivity contribution < 1.29 is 18.1 Å². The monoisotopic (exact) mass is 311 g/mol. The first-order valence-electron chi connectivity index (χ1n) is 8.93. The highest BCUT2D eigenvalue weighted by Gasteiger charge is 2.38. The second kappa shape index (κ2) is 7.20. The number of nitrogens with two attached hydrogens (primary N) is 1. The summed E-state index contributed by atoms with van der Waals surface area (Å²) < 4.78 is 7.14. The van der Waals surface area contributed by atoms with Crippen molar-refractivity contribution in [2.75, 3.05) is 73.0 Å². The Hall–Kier alpha value is -0.780. The van der Waals surface area contributed by atoms with E-state index in [-0.39, 0.29) is 0 Å². The summed E-state index contributed by atoms with van der Waals surface area (Å²) in [5.74, 6) is 0. The molecule has 0 aromatic heterocycles. The molecule has 0 aliphatic carbocycles. The molecular formula is C17H37N5+4. The Kier molecular flexibility index (Phi) is 5.75. The zero-order valence-corrected chi connectivity index (χ0v) is 15.2. The first-order chi connectivity index (χ1) is 10.4. The topological polar surface area (TPSA) is 32.0 Å². The van der Waals surface area contributed by atoms with Gasteiger partial charge in [0.25, 0.3) is 0 Å². The normalized spacial score (nSPS) is 32.3. The molecule has 5 heteroatoms. The highest BCUT2D eigenvalue weighted by Crippen LogP contribution is 2.19. The summed E-state index contributed by atoms with van der Waals surface area (Å²) in [7, 11) is 4.87. The molecule has 2 heterocycles. The summed E-state index contributed by atoms with van der Waals surface area (Å²) in [5, 5.41) is 0. The van der Waals surface area contributed by atoms with Crippen molar-refractivity contribution in [3.63, 3.8) is 0 Å². The molecule has 1 saturated heterocycles. The molecule has 0 radical (unpaired) electrons. The average molecular weight is 312 g/mol. The molecular weight excluding hydrogens is 274 g/mol. The number of hydrogen-bond acceptors (Lipinski definition) is 1. The van der Waals surface area contributed by atoms with Crippen molar-refractivity contribution >= 4 is 12.6 Å². The van der Waals surface area contributed by atoms with Crippen molar-refractivity contribution in [3.05, 3.63) is 0 Å². The summed E-state index contributed by atoms with van der Waals surface area (Å²) in [6.07, 6.45) is 5.76. The van der Waals surface area contributed by atoms with Crippen LogP contribution in [0.2, 0.25) is 0 Å². The molecule has 0 bridgehead atoms. The van der Waals surface area contributed by atoms with Gasteiger partial charge in [-0.25, -0.2) is 0 Å². The maximum Gasteiger partial charge on any atom is 0.401 e. The molecule has 2 rings (SSSR count). The van der Waals surface area contributed by atoms with Crippen molar-refractivity contribution in [1.82, 2.24) is 0 Å². The molecule has 0 atom stereocenters. The minimum absolute atomic E-state index is 0.725. The van der Waals surface area contributed by atoms with Gasteiger partial charge in [0.05, 0.1) is 39.6 Å². The minimum Gasteiger partial charge on any atom is -0.325 e. The summed E-state index contributed by atoms with van der Waals surface area (Å²) in [4.78, 5) is 0. The summed E-state index contributed by atoms with van der Waals surface area (Å²) in [6, 6.07) is 0.747. The molecule has 0 aromatic rings. The fourth-order valence-electron chi connectivity index (χ4n) is 3.52. The summed E-state index contributed by atoms with van der Waals surface area (Å²) in [6.45, 7) is 15.2. The van der Waals surface area contributed by atoms with E-state index < -0.39 is 0 Å². The van der Waals surface area contributed by atoms with Gasteiger partial charge in [0.15, 0.2) is 13.1 Å². The van der Waals surface area contributed by atoms with Crippen LogP contribution in [0, 0.1) is 0 Å². The van der Waals surface area contributed by atoms with Crippen molar-refractivity contribution in [2.24, 2.45) is 5.73 Å². The number of rotatable bonds is 7. The van der Waals surface area contributed by atoms with Crippen LogP contribution in [0.4, 0.5) is 0 Å². The number of hydrogen-bond donors (Lipinski definition) is 1. The van der Waals surface area contributed by atoms with Gasteiger partial charge in [-0.2, -0.15) is 4.58 Å². The Balaban J connectivity index is 1.73. The third-order valence-corrected chi connectivity index (χ3v) is 5.94. The van der Waals surface area contributed by atoms with E-state index >= 15 is 0 Å². The van der Waals surface area contributed by atoms with E-state index in [9.17, 15) is 0 Å². The smallest absolute Gasteiger partial charge is 0.325 e. The Labute approximate surface area is 136 Å². The molecule has 0 aromatic carbocycles. The molecule has 0 unspecified atom stereocenters. The standard InChI is InChI=1S/C17H37N5/c1-17(2)22(4)14-12-21(3,13-15-22)11-5-7-19-9-10-20(16-19)8-6-18/h10,16-17H,5-9,11-15,18H2,1-4H3/q+4. The van der Waals surface area contributed by atoms with Crippen LogP contribution >= 0.6 is 0 Å². The van der Waals surface area contributed by atoms with Crippen LogP contribution in [-0.4, -0.2) is 110 Å². The van der Waals surface area contributed by atoms with E-state index in [2.05, 4.69) is 49.6 Å². The van der Waals surface area contributed by atoms with E-state index in [0.717, 1.165) is 25.7 Å². The summed E-state index contributed by atoms with van der Waals surface area (Å²) >= 11 is 0. The van der Waals surface area contributed by atoms with Crippen LogP contribution in [0.5, 0.6) is 0 Å². The Bertz CT molecular complexity index is 430. The maximum absolute atomic E-state index is 5.61. The molecule has 126 valence electrons. The summed E-state index contributed by atoms with van der Waals surface area (Å²) in [5.41, 5.74) is 5.61. The van der Waals surface area contributed by atoms with Crippen LogP contribution < -0.4 is 5.73 Å². The van der Waals surface area contributed by atoms with Gasteiger partial charge in [0.1, 0.15) is 26.2 Å². The van der Waals surface area contributed by atoms with Crippen LogP contribution in [0.15, 0.2) is 0 Å². The SMILES string of the molecule is CC(C)[N+]1(C)CC[N+](C)(CCC[N+]2=C[N+](CCN)=CC2)CC1. The van der Waals surface area contributed by atoms with E-state index in [1.54, 1.807) is 0 Å². The second-order valence-electron chi connectivity index (χ2n) is 7.98. The molecule has 2 aliphatic rings. The van der Waals surface area contributed by atoms with Crippen LogP contribution in [-0.2, 0) is 0 Å². The molecule has 1 fully saturated rings. The van der Waals surface area contributed by atoms with E-state index in [0.29, 0.717) is 0 Å². The first kappa shape index (κ1) is 17.6. The largest absolute Gasteiger partial charge is 0.401 e. The lowest BCUT2D eigenvalue weighted by Crippen LogP contribution is -2.66. The molecule has 0 amide bonds. The van der Waals surface area contributed by atoms with E-state index in [4.69, 9.17) is 5.73 Å². The zero-order chi connectivity index (χ0) is 16.2. The quantitative estimate of drug-likeness (QED) is 0.512. The first-order valence-corrected chi connectivity index (χ1v) is 8.93. The number of nitrogens with zero attached hydrogens (tertiary/aromatic N) is 4. The fourth-order valence-corrected chi connectivity index (χ4v) is 3.52. The van der Waals surface area contributed by atoms with Gasteiger partial charge in [0, 0.05) is 0 Å². The van der Waals surface area contributed by atoms with Gasteiger partial charge in [-0.1, -0.05) is 0 Å². The van der Waals surface area contributed by atoms with Gasteiger partial charge >= 0.3 is 6.34 Å². The maximum atomic E-state index is 5.61. The lowest BCUT2D eigenvalue weighted by atomic mass is 10.1. The number of piperazine rings is 1. The van der Waals surface area contributed by atoms with Gasteiger partial charge in [-0.05, 0) is 13.8 Å². The van der Waals surface area contributed by atoms with Crippen molar-refractivity contribution in [3.8, 4) is 0 Å². The minimum atomic E-state index is 0.725. The van der Waals surface area contributed by atoms with Gasteiger partial charge < -0.3 is 14.7 Å². The molecule has 22 heavy (non-hydrogen) atoms. The lowest BCUT2D eigenvalue weighted by molar-refractivity contribution is -1.02. The molecule has 2 aliphatic heterocycles. The third-order valence-electron chi connectivity index (χ3n) is 5.94. The second-order valence-corrected chi connectivity index (χ2v) is 7.98. The van der Waals surface area contributed by atoms with E-state index in [1.807, 2.05) is 0 Å². The Morgan fingerprint density at radius 2 is 1.77 bits per heavy atom. The molecule has 5 nitrogen and oxygen atoms in total. The predicted octanol–water partition coefficient (Wildman–Crippen LogP) is -0.212. The lowest BCUT2D eigenvalue weighted by Gasteiger charge is -2.48. The van der Waals surface area contributed by atoms with Crippen molar-refractivity contribution in [2.45, 2.75) is 26.3 Å². The fraction of sp³-hybridized carbons (Fsp3) is 0.882.